The maximum atomic E-state index is 5.61. The Hall–Kier alpha value is -1.06. The molecule has 106 valence electrons. The minimum absolute atomic E-state index is 0.360. The Balaban J connectivity index is 1.85. The number of hydrogen-bond donors (Lipinski definition) is 1. The van der Waals surface area contributed by atoms with Crippen LogP contribution in [0.4, 0.5) is 0 Å². The Morgan fingerprint density at radius 2 is 1.84 bits per heavy atom. The average Bonchev–Trinajstić information content (AvgIpc) is 2.46. The first kappa shape index (κ1) is 14.4. The van der Waals surface area contributed by atoms with E-state index in [-0.39, 0.29) is 0 Å². The lowest BCUT2D eigenvalue weighted by atomic mass is 10.1. The normalized spacial score (nSPS) is 18.2. The Morgan fingerprint density at radius 1 is 1.16 bits per heavy atom. The molecule has 1 aromatic rings. The summed E-state index contributed by atoms with van der Waals surface area (Å²) in [6, 6.07) is 8.82. The van der Waals surface area contributed by atoms with Gasteiger partial charge in [-0.1, -0.05) is 25.5 Å². The van der Waals surface area contributed by atoms with Crippen LogP contribution in [0.5, 0.6) is 5.75 Å². The average molecular weight is 262 g/mol. The molecule has 0 radical (unpaired) electrons. The summed E-state index contributed by atoms with van der Waals surface area (Å²) in [4.78, 5) is 0. The van der Waals surface area contributed by atoms with Gasteiger partial charge in [-0.2, -0.15) is 0 Å². The van der Waals surface area contributed by atoms with Gasteiger partial charge in [-0.3, -0.25) is 0 Å². The highest BCUT2D eigenvalue weighted by molar-refractivity contribution is 5.28. The predicted octanol–water partition coefficient (Wildman–Crippen LogP) is 3.53. The molecule has 1 aromatic carbocycles. The van der Waals surface area contributed by atoms with Crippen LogP contribution >= 0.6 is 0 Å². The molecule has 1 fully saturated rings. The standard InChI is InChI=1S/C16H26N2O/c1-3-13-19-16-9-7-15(8-10-16)14(2)17-18-11-5-4-6-12-18/h7-10,14,17H,3-6,11-13H2,1-2H3. The van der Waals surface area contributed by atoms with Crippen molar-refractivity contribution in [1.29, 1.82) is 0 Å². The number of piperidine rings is 1. The first-order valence-corrected chi connectivity index (χ1v) is 7.53. The van der Waals surface area contributed by atoms with Crippen molar-refractivity contribution in [1.82, 2.24) is 10.4 Å². The van der Waals surface area contributed by atoms with E-state index < -0.39 is 0 Å². The minimum atomic E-state index is 0.360. The smallest absolute Gasteiger partial charge is 0.119 e. The van der Waals surface area contributed by atoms with Gasteiger partial charge in [-0.15, -0.1) is 0 Å². The summed E-state index contributed by atoms with van der Waals surface area (Å²) in [6.07, 6.45) is 5.04. The molecule has 1 atom stereocenters. The van der Waals surface area contributed by atoms with E-state index in [0.29, 0.717) is 6.04 Å². The number of benzene rings is 1. The van der Waals surface area contributed by atoms with Crippen LogP contribution < -0.4 is 10.2 Å². The molecule has 1 heterocycles. The Bertz CT molecular complexity index is 358. The maximum absolute atomic E-state index is 5.61. The number of ether oxygens (including phenoxy) is 1. The van der Waals surface area contributed by atoms with Gasteiger partial charge in [0.1, 0.15) is 5.75 Å². The number of hydrazine groups is 1. The SMILES string of the molecule is CCCOc1ccc(C(C)NN2CCCCC2)cc1. The molecule has 3 nitrogen and oxygen atoms in total. The quantitative estimate of drug-likeness (QED) is 0.849. The van der Waals surface area contributed by atoms with Crippen LogP contribution in [-0.2, 0) is 0 Å². The van der Waals surface area contributed by atoms with Gasteiger partial charge in [-0.25, -0.2) is 10.4 Å². The fourth-order valence-electron chi connectivity index (χ4n) is 2.44. The highest BCUT2D eigenvalue weighted by atomic mass is 16.5. The largest absolute Gasteiger partial charge is 0.494 e. The number of rotatable bonds is 6. The Labute approximate surface area is 116 Å². The minimum Gasteiger partial charge on any atom is -0.494 e. The first-order valence-electron chi connectivity index (χ1n) is 7.53. The molecule has 1 unspecified atom stereocenters. The zero-order valence-corrected chi connectivity index (χ0v) is 12.2. The second-order valence-electron chi connectivity index (χ2n) is 5.32. The van der Waals surface area contributed by atoms with E-state index in [0.717, 1.165) is 18.8 Å². The van der Waals surface area contributed by atoms with Crippen LogP contribution in [-0.4, -0.2) is 24.7 Å². The fourth-order valence-corrected chi connectivity index (χ4v) is 2.44. The second kappa shape index (κ2) is 7.51. The molecule has 1 N–H and O–H groups in total. The Morgan fingerprint density at radius 3 is 2.47 bits per heavy atom. The lowest BCUT2D eigenvalue weighted by Crippen LogP contribution is -2.42. The molecule has 3 heteroatoms. The third kappa shape index (κ3) is 4.51. The monoisotopic (exact) mass is 262 g/mol. The van der Waals surface area contributed by atoms with Gasteiger partial charge < -0.3 is 4.74 Å². The zero-order chi connectivity index (χ0) is 13.5. The van der Waals surface area contributed by atoms with Crippen molar-refractivity contribution in [3.8, 4) is 5.75 Å². The first-order chi connectivity index (χ1) is 9.29. The van der Waals surface area contributed by atoms with Crippen LogP contribution in [0.3, 0.4) is 0 Å². The third-order valence-electron chi connectivity index (χ3n) is 3.59. The molecule has 1 saturated heterocycles. The molecular formula is C16H26N2O. The van der Waals surface area contributed by atoms with Gasteiger partial charge in [0.25, 0.3) is 0 Å². The fraction of sp³-hybridized carbons (Fsp3) is 0.625. The summed E-state index contributed by atoms with van der Waals surface area (Å²) in [5.74, 6) is 0.968. The van der Waals surface area contributed by atoms with E-state index in [1.54, 1.807) is 0 Å². The van der Waals surface area contributed by atoms with E-state index in [1.807, 2.05) is 0 Å². The molecular weight excluding hydrogens is 236 g/mol. The van der Waals surface area contributed by atoms with Crippen molar-refractivity contribution in [3.05, 3.63) is 29.8 Å². The van der Waals surface area contributed by atoms with Gasteiger partial charge in [0.15, 0.2) is 0 Å². The van der Waals surface area contributed by atoms with E-state index in [4.69, 9.17) is 4.74 Å². The zero-order valence-electron chi connectivity index (χ0n) is 12.2. The maximum Gasteiger partial charge on any atom is 0.119 e. The summed E-state index contributed by atoms with van der Waals surface area (Å²) in [5, 5.41) is 2.36. The van der Waals surface area contributed by atoms with Gasteiger partial charge >= 0.3 is 0 Å². The predicted molar refractivity (Wildman–Crippen MR) is 79.2 cm³/mol. The summed E-state index contributed by atoms with van der Waals surface area (Å²) >= 11 is 0. The van der Waals surface area contributed by atoms with Crippen LogP contribution in [0, 0.1) is 0 Å². The molecule has 0 spiro atoms. The van der Waals surface area contributed by atoms with E-state index in [2.05, 4.69) is 48.5 Å². The third-order valence-corrected chi connectivity index (χ3v) is 3.59. The van der Waals surface area contributed by atoms with Crippen molar-refractivity contribution in [3.63, 3.8) is 0 Å². The molecule has 0 aromatic heterocycles. The highest BCUT2D eigenvalue weighted by Gasteiger charge is 2.13. The number of nitrogens with zero attached hydrogens (tertiary/aromatic N) is 1. The van der Waals surface area contributed by atoms with Crippen molar-refractivity contribution in [2.75, 3.05) is 19.7 Å². The lowest BCUT2D eigenvalue weighted by molar-refractivity contribution is 0.133. The lowest BCUT2D eigenvalue weighted by Gasteiger charge is -2.30. The van der Waals surface area contributed by atoms with Gasteiger partial charge in [0.05, 0.1) is 6.61 Å². The van der Waals surface area contributed by atoms with Crippen LogP contribution in [0.15, 0.2) is 24.3 Å². The van der Waals surface area contributed by atoms with Crippen molar-refractivity contribution >= 4 is 0 Å². The molecule has 1 aliphatic heterocycles. The summed E-state index contributed by atoms with van der Waals surface area (Å²) in [6.45, 7) is 7.47. The topological polar surface area (TPSA) is 24.5 Å². The Kier molecular flexibility index (Phi) is 5.67. The van der Waals surface area contributed by atoms with Crippen LogP contribution in [0.1, 0.15) is 51.1 Å². The van der Waals surface area contributed by atoms with Crippen molar-refractivity contribution < 1.29 is 4.74 Å². The highest BCUT2D eigenvalue weighted by Crippen LogP contribution is 2.19. The number of hydrogen-bond acceptors (Lipinski definition) is 3. The van der Waals surface area contributed by atoms with Crippen molar-refractivity contribution in [2.24, 2.45) is 0 Å². The molecule has 0 amide bonds. The molecule has 0 aliphatic carbocycles. The number of nitrogens with one attached hydrogen (secondary N) is 1. The summed E-state index contributed by atoms with van der Waals surface area (Å²) in [7, 11) is 0. The van der Waals surface area contributed by atoms with Gasteiger partial charge in [-0.05, 0) is 43.9 Å². The van der Waals surface area contributed by atoms with E-state index >= 15 is 0 Å². The summed E-state index contributed by atoms with van der Waals surface area (Å²) in [5.41, 5.74) is 4.90. The second-order valence-corrected chi connectivity index (χ2v) is 5.32. The molecule has 19 heavy (non-hydrogen) atoms. The van der Waals surface area contributed by atoms with E-state index in [9.17, 15) is 0 Å². The molecule has 0 bridgehead atoms. The molecule has 0 saturated carbocycles. The van der Waals surface area contributed by atoms with E-state index in [1.165, 1.54) is 37.9 Å². The molecule has 2 rings (SSSR count). The van der Waals surface area contributed by atoms with Crippen LogP contribution in [0.25, 0.3) is 0 Å². The van der Waals surface area contributed by atoms with Crippen molar-refractivity contribution in [2.45, 2.75) is 45.6 Å². The van der Waals surface area contributed by atoms with Gasteiger partial charge in [0.2, 0.25) is 0 Å². The van der Waals surface area contributed by atoms with Crippen LogP contribution in [0.2, 0.25) is 0 Å². The molecule has 1 aliphatic rings. The summed E-state index contributed by atoms with van der Waals surface area (Å²) < 4.78 is 5.61. The van der Waals surface area contributed by atoms with Gasteiger partial charge in [0, 0.05) is 19.1 Å².